The number of hydrogen-bond acceptors (Lipinski definition) is 6. The molecule has 2 amide bonds. The molecule has 0 heterocycles. The molecular weight excluding hydrogens is 412 g/mol. The van der Waals surface area contributed by atoms with Crippen LogP contribution in [0.25, 0.3) is 6.08 Å². The quantitative estimate of drug-likeness (QED) is 0.410. The molecule has 1 atom stereocenters. The van der Waals surface area contributed by atoms with Crippen LogP contribution in [-0.2, 0) is 25.5 Å². The summed E-state index contributed by atoms with van der Waals surface area (Å²) >= 11 is 0. The largest absolute Gasteiger partial charge is 0.493 e. The van der Waals surface area contributed by atoms with E-state index in [1.165, 1.54) is 24.8 Å². The van der Waals surface area contributed by atoms with Gasteiger partial charge in [0.2, 0.25) is 0 Å². The molecule has 0 radical (unpaired) electrons. The second kappa shape index (κ2) is 12.1. The average molecular weight is 440 g/mol. The Morgan fingerprint density at radius 1 is 1.06 bits per heavy atom. The molecule has 0 saturated carbocycles. The molecule has 0 aromatic heterocycles. The van der Waals surface area contributed by atoms with Crippen LogP contribution in [0.3, 0.4) is 0 Å². The molecule has 32 heavy (non-hydrogen) atoms. The maximum atomic E-state index is 12.1. The first-order valence-electron chi connectivity index (χ1n) is 10.1. The van der Waals surface area contributed by atoms with Crippen LogP contribution in [0.15, 0.2) is 48.5 Å². The van der Waals surface area contributed by atoms with Gasteiger partial charge in [-0.25, -0.2) is 4.79 Å². The van der Waals surface area contributed by atoms with E-state index in [9.17, 15) is 14.4 Å². The summed E-state index contributed by atoms with van der Waals surface area (Å²) in [6.45, 7) is 3.28. The number of aryl methyl sites for hydroxylation is 1. The topological polar surface area (TPSA) is 117 Å². The van der Waals surface area contributed by atoms with E-state index in [0.29, 0.717) is 17.1 Å². The van der Waals surface area contributed by atoms with Gasteiger partial charge in [-0.05, 0) is 48.2 Å². The van der Waals surface area contributed by atoms with Gasteiger partial charge in [0, 0.05) is 6.08 Å². The van der Waals surface area contributed by atoms with Crippen molar-refractivity contribution in [1.29, 1.82) is 0 Å². The van der Waals surface area contributed by atoms with Gasteiger partial charge in [0.05, 0.1) is 13.2 Å². The Morgan fingerprint density at radius 3 is 2.41 bits per heavy atom. The fourth-order valence-electron chi connectivity index (χ4n) is 2.81. The summed E-state index contributed by atoms with van der Waals surface area (Å²) in [5.74, 6) is -0.931. The van der Waals surface area contributed by atoms with Crippen LogP contribution in [0.1, 0.15) is 36.6 Å². The molecule has 3 N–H and O–H groups in total. The van der Waals surface area contributed by atoms with Crippen molar-refractivity contribution in [2.24, 2.45) is 5.73 Å². The number of methoxy groups -OCH3 is 1. The number of esters is 1. The van der Waals surface area contributed by atoms with E-state index in [1.54, 1.807) is 18.2 Å². The molecule has 2 aromatic carbocycles. The normalized spacial score (nSPS) is 11.6. The van der Waals surface area contributed by atoms with Gasteiger partial charge in [-0.2, -0.15) is 0 Å². The van der Waals surface area contributed by atoms with E-state index in [-0.39, 0.29) is 19.3 Å². The number of nitrogens with one attached hydrogen (secondary N) is 1. The zero-order valence-corrected chi connectivity index (χ0v) is 18.4. The molecule has 0 aliphatic heterocycles. The maximum Gasteiger partial charge on any atom is 0.331 e. The van der Waals surface area contributed by atoms with E-state index in [2.05, 4.69) is 12.2 Å². The lowest BCUT2D eigenvalue weighted by atomic mass is 10.1. The molecule has 8 nitrogen and oxygen atoms in total. The summed E-state index contributed by atoms with van der Waals surface area (Å²) in [7, 11) is 1.45. The summed E-state index contributed by atoms with van der Waals surface area (Å²) in [4.78, 5) is 34.9. The highest BCUT2D eigenvalue weighted by Gasteiger charge is 2.11. The molecule has 0 aliphatic carbocycles. The van der Waals surface area contributed by atoms with E-state index < -0.39 is 17.8 Å². The average Bonchev–Trinajstić information content (AvgIpc) is 2.80. The summed E-state index contributed by atoms with van der Waals surface area (Å²) in [6, 6.07) is 12.7. The molecule has 0 aliphatic rings. The summed E-state index contributed by atoms with van der Waals surface area (Å²) in [5.41, 5.74) is 7.89. The van der Waals surface area contributed by atoms with Crippen molar-refractivity contribution < 1.29 is 28.6 Å². The summed E-state index contributed by atoms with van der Waals surface area (Å²) < 4.78 is 15.5. The van der Waals surface area contributed by atoms with Crippen molar-refractivity contribution in [2.45, 2.75) is 26.3 Å². The van der Waals surface area contributed by atoms with Gasteiger partial charge in [0.15, 0.2) is 24.7 Å². The van der Waals surface area contributed by atoms with Crippen molar-refractivity contribution in [3.8, 4) is 11.5 Å². The van der Waals surface area contributed by atoms with Gasteiger partial charge >= 0.3 is 5.97 Å². The third-order valence-electron chi connectivity index (χ3n) is 4.58. The highest BCUT2D eigenvalue weighted by Crippen LogP contribution is 2.28. The Morgan fingerprint density at radius 2 is 1.78 bits per heavy atom. The summed E-state index contributed by atoms with van der Waals surface area (Å²) in [5, 5.41) is 2.80. The third kappa shape index (κ3) is 7.79. The Bertz CT molecular complexity index is 969. The van der Waals surface area contributed by atoms with Crippen LogP contribution in [0, 0.1) is 0 Å². The Balaban J connectivity index is 1.84. The van der Waals surface area contributed by atoms with Gasteiger partial charge in [-0.15, -0.1) is 0 Å². The molecule has 0 fully saturated rings. The fraction of sp³-hybridized carbons (Fsp3) is 0.292. The van der Waals surface area contributed by atoms with Crippen LogP contribution in [-0.4, -0.2) is 38.1 Å². The lowest BCUT2D eigenvalue weighted by Gasteiger charge is -2.14. The second-order valence-electron chi connectivity index (χ2n) is 6.99. The van der Waals surface area contributed by atoms with Gasteiger partial charge < -0.3 is 25.3 Å². The monoisotopic (exact) mass is 440 g/mol. The zero-order chi connectivity index (χ0) is 23.5. The maximum absolute atomic E-state index is 12.1. The Hall–Kier alpha value is -3.81. The van der Waals surface area contributed by atoms with Gasteiger partial charge in [0.25, 0.3) is 11.8 Å². The lowest BCUT2D eigenvalue weighted by molar-refractivity contribution is -0.144. The minimum atomic E-state index is -0.659. The van der Waals surface area contributed by atoms with Crippen molar-refractivity contribution in [3.63, 3.8) is 0 Å². The van der Waals surface area contributed by atoms with Crippen LogP contribution in [0.5, 0.6) is 11.5 Å². The van der Waals surface area contributed by atoms with E-state index in [0.717, 1.165) is 12.0 Å². The third-order valence-corrected chi connectivity index (χ3v) is 4.58. The minimum Gasteiger partial charge on any atom is -0.493 e. The first-order chi connectivity index (χ1) is 15.3. The predicted molar refractivity (Wildman–Crippen MR) is 120 cm³/mol. The molecule has 0 bridgehead atoms. The number of rotatable bonds is 11. The number of ether oxygens (including phenoxy) is 3. The van der Waals surface area contributed by atoms with E-state index in [4.69, 9.17) is 19.9 Å². The molecule has 0 saturated heterocycles. The van der Waals surface area contributed by atoms with Gasteiger partial charge in [0.1, 0.15) is 0 Å². The molecule has 1 unspecified atom stereocenters. The highest BCUT2D eigenvalue weighted by atomic mass is 16.5. The standard InChI is InChI=1S/C24H28N2O6/c1-4-17-5-9-19(10-6-17)16(2)26-23(28)15-32-24(29)12-8-18-7-11-20(21(13-18)30-3)31-14-22(25)27/h5-13,16H,4,14-15H2,1-3H3,(H2,25,27)(H,26,28)/b12-8+. The Labute approximate surface area is 187 Å². The number of carbonyl (C=O) groups excluding carboxylic acids is 3. The number of nitrogens with two attached hydrogens (primary N) is 1. The predicted octanol–water partition coefficient (Wildman–Crippen LogP) is 2.56. The van der Waals surface area contributed by atoms with Gasteiger partial charge in [-0.3, -0.25) is 9.59 Å². The minimum absolute atomic E-state index is 0.203. The number of hydrogen-bond donors (Lipinski definition) is 2. The number of amides is 2. The van der Waals surface area contributed by atoms with Crippen LogP contribution in [0.2, 0.25) is 0 Å². The molecule has 2 rings (SSSR count). The number of carbonyl (C=O) groups is 3. The van der Waals surface area contributed by atoms with Crippen LogP contribution < -0.4 is 20.5 Å². The molecule has 170 valence electrons. The smallest absolute Gasteiger partial charge is 0.331 e. The number of benzene rings is 2. The SMILES string of the molecule is CCc1ccc(C(C)NC(=O)COC(=O)/C=C/c2ccc(OCC(N)=O)c(OC)c2)cc1. The lowest BCUT2D eigenvalue weighted by Crippen LogP contribution is -2.30. The van der Waals surface area contributed by atoms with Crippen molar-refractivity contribution in [2.75, 3.05) is 20.3 Å². The first-order valence-corrected chi connectivity index (χ1v) is 10.1. The van der Waals surface area contributed by atoms with E-state index >= 15 is 0 Å². The van der Waals surface area contributed by atoms with Crippen LogP contribution >= 0.6 is 0 Å². The number of primary amides is 1. The van der Waals surface area contributed by atoms with Crippen molar-refractivity contribution in [1.82, 2.24) is 5.32 Å². The fourth-order valence-corrected chi connectivity index (χ4v) is 2.81. The second-order valence-corrected chi connectivity index (χ2v) is 6.99. The molecule has 0 spiro atoms. The van der Waals surface area contributed by atoms with Crippen molar-refractivity contribution >= 4 is 23.9 Å². The summed E-state index contributed by atoms with van der Waals surface area (Å²) in [6.07, 6.45) is 3.67. The van der Waals surface area contributed by atoms with E-state index in [1.807, 2.05) is 31.2 Å². The van der Waals surface area contributed by atoms with Gasteiger partial charge in [-0.1, -0.05) is 37.3 Å². The molecule has 8 heteroatoms. The van der Waals surface area contributed by atoms with Crippen molar-refractivity contribution in [3.05, 3.63) is 65.2 Å². The molecular formula is C24H28N2O6. The molecule has 2 aromatic rings. The Kier molecular flexibility index (Phi) is 9.28. The zero-order valence-electron chi connectivity index (χ0n) is 18.4. The van der Waals surface area contributed by atoms with Crippen LogP contribution in [0.4, 0.5) is 0 Å². The first kappa shape index (κ1) is 24.5. The highest BCUT2D eigenvalue weighted by molar-refractivity contribution is 5.89.